The van der Waals surface area contributed by atoms with Gasteiger partial charge in [-0.1, -0.05) is 19.1 Å². The second kappa shape index (κ2) is 8.45. The van der Waals surface area contributed by atoms with E-state index in [4.69, 9.17) is 0 Å². The summed E-state index contributed by atoms with van der Waals surface area (Å²) in [4.78, 5) is 7.08. The van der Waals surface area contributed by atoms with Gasteiger partial charge in [-0.05, 0) is 44.0 Å². The molecule has 4 heteroatoms. The number of aromatic nitrogens is 1. The van der Waals surface area contributed by atoms with Gasteiger partial charge in [0.2, 0.25) is 0 Å². The SMILES string of the molecule is CCCNCc1cccc(SCCc2scnc2C)c1. The summed E-state index contributed by atoms with van der Waals surface area (Å²) < 4.78 is 0. The number of thioether (sulfide) groups is 1. The molecular weight excluding hydrogens is 284 g/mol. The number of nitrogens with one attached hydrogen (secondary N) is 1. The average molecular weight is 306 g/mol. The molecule has 2 nitrogen and oxygen atoms in total. The summed E-state index contributed by atoms with van der Waals surface area (Å²) in [7, 11) is 0. The monoisotopic (exact) mass is 306 g/mol. The van der Waals surface area contributed by atoms with Crippen LogP contribution < -0.4 is 5.32 Å². The van der Waals surface area contributed by atoms with Gasteiger partial charge in [-0.25, -0.2) is 4.98 Å². The molecule has 0 aliphatic carbocycles. The van der Waals surface area contributed by atoms with Crippen LogP contribution >= 0.6 is 23.1 Å². The highest BCUT2D eigenvalue weighted by molar-refractivity contribution is 7.99. The molecule has 0 atom stereocenters. The van der Waals surface area contributed by atoms with Gasteiger partial charge in [0.1, 0.15) is 0 Å². The molecular formula is C16H22N2S2. The first-order chi connectivity index (χ1) is 9.79. The Bertz CT molecular complexity index is 523. The highest BCUT2D eigenvalue weighted by Crippen LogP contribution is 2.22. The highest BCUT2D eigenvalue weighted by atomic mass is 32.2. The lowest BCUT2D eigenvalue weighted by molar-refractivity contribution is 0.674. The molecule has 0 unspecified atom stereocenters. The smallest absolute Gasteiger partial charge is 0.0797 e. The van der Waals surface area contributed by atoms with Crippen LogP contribution in [0.2, 0.25) is 0 Å². The van der Waals surface area contributed by atoms with Crippen molar-refractivity contribution in [1.82, 2.24) is 10.3 Å². The van der Waals surface area contributed by atoms with Gasteiger partial charge in [0.25, 0.3) is 0 Å². The Morgan fingerprint density at radius 3 is 3.00 bits per heavy atom. The molecule has 0 saturated carbocycles. The number of aryl methyl sites for hydroxylation is 2. The van der Waals surface area contributed by atoms with Crippen LogP contribution in [-0.2, 0) is 13.0 Å². The predicted molar refractivity (Wildman–Crippen MR) is 89.7 cm³/mol. The van der Waals surface area contributed by atoms with Gasteiger partial charge in [0.15, 0.2) is 0 Å². The Kier molecular flexibility index (Phi) is 6.57. The quantitative estimate of drug-likeness (QED) is 0.582. The fourth-order valence-corrected chi connectivity index (χ4v) is 3.84. The summed E-state index contributed by atoms with van der Waals surface area (Å²) in [6, 6.07) is 8.85. The van der Waals surface area contributed by atoms with E-state index in [9.17, 15) is 0 Å². The third-order valence-electron chi connectivity index (χ3n) is 3.10. The summed E-state index contributed by atoms with van der Waals surface area (Å²) in [5, 5.41) is 3.45. The van der Waals surface area contributed by atoms with Crippen molar-refractivity contribution in [2.75, 3.05) is 12.3 Å². The molecule has 108 valence electrons. The minimum atomic E-state index is 0.968. The van der Waals surface area contributed by atoms with Crippen molar-refractivity contribution in [3.05, 3.63) is 45.9 Å². The van der Waals surface area contributed by atoms with E-state index in [1.54, 1.807) is 11.3 Å². The van der Waals surface area contributed by atoms with E-state index >= 15 is 0 Å². The minimum Gasteiger partial charge on any atom is -0.313 e. The maximum absolute atomic E-state index is 4.30. The molecule has 1 aromatic heterocycles. The summed E-state index contributed by atoms with van der Waals surface area (Å²) in [6.45, 7) is 6.34. The third kappa shape index (κ3) is 4.93. The summed E-state index contributed by atoms with van der Waals surface area (Å²) in [5.74, 6) is 1.12. The summed E-state index contributed by atoms with van der Waals surface area (Å²) >= 11 is 3.70. The van der Waals surface area contributed by atoms with Crippen molar-refractivity contribution in [2.24, 2.45) is 0 Å². The zero-order valence-electron chi connectivity index (χ0n) is 12.2. The van der Waals surface area contributed by atoms with Crippen LogP contribution in [0.4, 0.5) is 0 Å². The number of nitrogens with zero attached hydrogens (tertiary/aromatic N) is 1. The van der Waals surface area contributed by atoms with E-state index in [1.807, 2.05) is 17.3 Å². The minimum absolute atomic E-state index is 0.968. The molecule has 1 heterocycles. The zero-order chi connectivity index (χ0) is 14.2. The Hall–Kier alpha value is -0.840. The van der Waals surface area contributed by atoms with Gasteiger partial charge < -0.3 is 5.32 Å². The summed E-state index contributed by atoms with van der Waals surface area (Å²) in [5.41, 5.74) is 4.50. The molecule has 1 aromatic carbocycles. The molecule has 0 radical (unpaired) electrons. The van der Waals surface area contributed by atoms with Gasteiger partial charge >= 0.3 is 0 Å². The number of benzene rings is 1. The van der Waals surface area contributed by atoms with Crippen LogP contribution in [0.15, 0.2) is 34.7 Å². The van der Waals surface area contributed by atoms with Crippen LogP contribution in [-0.4, -0.2) is 17.3 Å². The normalized spacial score (nSPS) is 10.9. The predicted octanol–water partition coefficient (Wildman–Crippen LogP) is 4.29. The second-order valence-electron chi connectivity index (χ2n) is 4.78. The van der Waals surface area contributed by atoms with E-state index in [1.165, 1.54) is 27.5 Å². The molecule has 0 aliphatic rings. The molecule has 2 aromatic rings. The van der Waals surface area contributed by atoms with E-state index in [2.05, 4.69) is 48.4 Å². The Morgan fingerprint density at radius 2 is 2.25 bits per heavy atom. The van der Waals surface area contributed by atoms with Gasteiger partial charge in [-0.2, -0.15) is 0 Å². The zero-order valence-corrected chi connectivity index (χ0v) is 13.8. The number of rotatable bonds is 8. The van der Waals surface area contributed by atoms with Crippen LogP contribution in [0, 0.1) is 6.92 Å². The lowest BCUT2D eigenvalue weighted by Crippen LogP contribution is -2.13. The molecule has 0 aliphatic heterocycles. The van der Waals surface area contributed by atoms with Crippen molar-refractivity contribution in [3.63, 3.8) is 0 Å². The topological polar surface area (TPSA) is 24.9 Å². The largest absolute Gasteiger partial charge is 0.313 e. The Balaban J connectivity index is 1.80. The highest BCUT2D eigenvalue weighted by Gasteiger charge is 2.02. The molecule has 1 N–H and O–H groups in total. The van der Waals surface area contributed by atoms with Crippen molar-refractivity contribution in [3.8, 4) is 0 Å². The molecule has 2 rings (SSSR count). The fraction of sp³-hybridized carbons (Fsp3) is 0.438. The molecule has 0 spiro atoms. The van der Waals surface area contributed by atoms with Crippen molar-refractivity contribution in [1.29, 1.82) is 0 Å². The third-order valence-corrected chi connectivity index (χ3v) is 5.09. The lowest BCUT2D eigenvalue weighted by atomic mass is 10.2. The van der Waals surface area contributed by atoms with Crippen molar-refractivity contribution in [2.45, 2.75) is 38.1 Å². The van der Waals surface area contributed by atoms with Crippen LogP contribution in [0.5, 0.6) is 0 Å². The van der Waals surface area contributed by atoms with Crippen LogP contribution in [0.3, 0.4) is 0 Å². The maximum atomic E-state index is 4.30. The van der Waals surface area contributed by atoms with E-state index in [-0.39, 0.29) is 0 Å². The van der Waals surface area contributed by atoms with Gasteiger partial charge in [0.05, 0.1) is 11.2 Å². The first-order valence-electron chi connectivity index (χ1n) is 7.11. The van der Waals surface area contributed by atoms with Gasteiger partial charge in [-0.15, -0.1) is 23.1 Å². The fourth-order valence-electron chi connectivity index (χ4n) is 1.98. The molecule has 0 amide bonds. The second-order valence-corrected chi connectivity index (χ2v) is 6.89. The molecule has 20 heavy (non-hydrogen) atoms. The number of hydrogen-bond donors (Lipinski definition) is 1. The Labute approximate surface area is 130 Å². The van der Waals surface area contributed by atoms with Gasteiger partial charge in [-0.3, -0.25) is 0 Å². The molecule has 0 bridgehead atoms. The van der Waals surface area contributed by atoms with Crippen molar-refractivity contribution >= 4 is 23.1 Å². The standard InChI is InChI=1S/C16H22N2S2/c1-3-8-17-11-14-5-4-6-15(10-14)19-9-7-16-13(2)18-12-20-16/h4-6,10,12,17H,3,7-9,11H2,1-2H3. The lowest BCUT2D eigenvalue weighted by Gasteiger charge is -2.06. The first-order valence-corrected chi connectivity index (χ1v) is 8.97. The van der Waals surface area contributed by atoms with Gasteiger partial charge in [0, 0.05) is 22.1 Å². The molecule has 0 fully saturated rings. The molecule has 0 saturated heterocycles. The average Bonchev–Trinajstić information content (AvgIpc) is 2.85. The first kappa shape index (κ1) is 15.5. The summed E-state index contributed by atoms with van der Waals surface area (Å²) in [6.07, 6.45) is 2.29. The number of hydrogen-bond acceptors (Lipinski definition) is 4. The number of thiazole rings is 1. The van der Waals surface area contributed by atoms with E-state index in [0.29, 0.717) is 0 Å². The Morgan fingerprint density at radius 1 is 1.35 bits per heavy atom. The van der Waals surface area contributed by atoms with Crippen molar-refractivity contribution < 1.29 is 0 Å². The van der Waals surface area contributed by atoms with E-state index < -0.39 is 0 Å². The van der Waals surface area contributed by atoms with E-state index in [0.717, 1.165) is 25.3 Å². The van der Waals surface area contributed by atoms with Crippen LogP contribution in [0.1, 0.15) is 29.5 Å². The van der Waals surface area contributed by atoms with Crippen LogP contribution in [0.25, 0.3) is 0 Å². The maximum Gasteiger partial charge on any atom is 0.0797 e.